The second-order valence-electron chi connectivity index (χ2n) is 3.06. The van der Waals surface area contributed by atoms with Gasteiger partial charge in [0, 0.05) is 5.39 Å². The largest absolute Gasteiger partial charge is 0.459 e. The van der Waals surface area contributed by atoms with Gasteiger partial charge in [0.1, 0.15) is 17.2 Å². The molecular weight excluding hydrogens is 169 g/mol. The fourth-order valence-corrected chi connectivity index (χ4v) is 1.44. The highest BCUT2D eigenvalue weighted by Crippen LogP contribution is 2.23. The summed E-state index contributed by atoms with van der Waals surface area (Å²) in [6.45, 7) is 2.16. The van der Waals surface area contributed by atoms with Crippen LogP contribution >= 0.6 is 0 Å². The second-order valence-corrected chi connectivity index (χ2v) is 3.06. The first-order valence-electron chi connectivity index (χ1n) is 4.09. The third-order valence-electron chi connectivity index (χ3n) is 2.02. The standard InChI is InChI=1S/C10H10FNO/c1-6-2-8(11)3-7-4-9(5-12)13-10(6)7/h2-4H,5,12H2,1H3. The molecule has 1 heterocycles. The van der Waals surface area contributed by atoms with Crippen LogP contribution in [-0.4, -0.2) is 0 Å². The van der Waals surface area contributed by atoms with Crippen LogP contribution in [0.3, 0.4) is 0 Å². The second kappa shape index (κ2) is 2.85. The average Bonchev–Trinajstić information content (AvgIpc) is 2.47. The van der Waals surface area contributed by atoms with Gasteiger partial charge in [-0.1, -0.05) is 0 Å². The van der Waals surface area contributed by atoms with E-state index < -0.39 is 0 Å². The van der Waals surface area contributed by atoms with E-state index in [0.717, 1.165) is 16.5 Å². The minimum absolute atomic E-state index is 0.241. The summed E-state index contributed by atoms with van der Waals surface area (Å²) in [5, 5.41) is 0.776. The van der Waals surface area contributed by atoms with Gasteiger partial charge in [-0.15, -0.1) is 0 Å². The molecule has 0 atom stereocenters. The van der Waals surface area contributed by atoms with Gasteiger partial charge < -0.3 is 10.2 Å². The first-order chi connectivity index (χ1) is 6.20. The molecule has 0 spiro atoms. The molecule has 0 radical (unpaired) electrons. The maximum Gasteiger partial charge on any atom is 0.137 e. The molecule has 0 fully saturated rings. The van der Waals surface area contributed by atoms with Crippen molar-refractivity contribution in [3.05, 3.63) is 35.3 Å². The monoisotopic (exact) mass is 179 g/mol. The normalized spacial score (nSPS) is 11.0. The molecule has 2 rings (SSSR count). The van der Waals surface area contributed by atoms with Gasteiger partial charge in [0.2, 0.25) is 0 Å². The number of aryl methyl sites for hydroxylation is 1. The van der Waals surface area contributed by atoms with Gasteiger partial charge in [0.05, 0.1) is 6.54 Å². The van der Waals surface area contributed by atoms with Gasteiger partial charge in [-0.25, -0.2) is 4.39 Å². The number of fused-ring (bicyclic) bond motifs is 1. The van der Waals surface area contributed by atoms with Crippen molar-refractivity contribution in [2.24, 2.45) is 5.73 Å². The summed E-state index contributed by atoms with van der Waals surface area (Å²) in [6, 6.07) is 4.67. The summed E-state index contributed by atoms with van der Waals surface area (Å²) in [4.78, 5) is 0. The minimum atomic E-state index is -0.241. The van der Waals surface area contributed by atoms with E-state index in [9.17, 15) is 4.39 Å². The predicted octanol–water partition coefficient (Wildman–Crippen LogP) is 2.34. The minimum Gasteiger partial charge on any atom is -0.459 e. The number of benzene rings is 1. The summed E-state index contributed by atoms with van der Waals surface area (Å²) < 4.78 is 18.3. The molecule has 0 saturated carbocycles. The van der Waals surface area contributed by atoms with Crippen LogP contribution in [0.25, 0.3) is 11.0 Å². The van der Waals surface area contributed by atoms with Crippen molar-refractivity contribution in [2.75, 3.05) is 0 Å². The molecule has 0 aliphatic rings. The lowest BCUT2D eigenvalue weighted by Gasteiger charge is -1.94. The molecule has 0 bridgehead atoms. The Hall–Kier alpha value is -1.35. The topological polar surface area (TPSA) is 39.2 Å². The van der Waals surface area contributed by atoms with E-state index in [2.05, 4.69) is 0 Å². The predicted molar refractivity (Wildman–Crippen MR) is 48.8 cm³/mol. The van der Waals surface area contributed by atoms with Crippen LogP contribution in [-0.2, 0) is 6.54 Å². The molecule has 1 aromatic carbocycles. The summed E-state index contributed by atoms with van der Waals surface area (Å²) in [6.07, 6.45) is 0. The van der Waals surface area contributed by atoms with Crippen LogP contribution in [0.15, 0.2) is 22.6 Å². The van der Waals surface area contributed by atoms with E-state index in [1.54, 1.807) is 6.07 Å². The molecule has 0 saturated heterocycles. The van der Waals surface area contributed by atoms with Crippen molar-refractivity contribution in [3.8, 4) is 0 Å². The quantitative estimate of drug-likeness (QED) is 0.729. The Morgan fingerprint density at radius 1 is 1.38 bits per heavy atom. The Labute approximate surface area is 75.1 Å². The number of rotatable bonds is 1. The lowest BCUT2D eigenvalue weighted by atomic mass is 10.2. The van der Waals surface area contributed by atoms with Gasteiger partial charge in [0.25, 0.3) is 0 Å². The fraction of sp³-hybridized carbons (Fsp3) is 0.200. The highest BCUT2D eigenvalue weighted by atomic mass is 19.1. The Bertz CT molecular complexity index is 447. The van der Waals surface area contributed by atoms with Crippen molar-refractivity contribution in [3.63, 3.8) is 0 Å². The summed E-state index contributed by atoms with van der Waals surface area (Å²) >= 11 is 0. The zero-order chi connectivity index (χ0) is 9.42. The number of halogens is 1. The number of furan rings is 1. The van der Waals surface area contributed by atoms with Gasteiger partial charge in [-0.3, -0.25) is 0 Å². The van der Waals surface area contributed by atoms with Crippen LogP contribution in [0.4, 0.5) is 4.39 Å². The van der Waals surface area contributed by atoms with E-state index in [0.29, 0.717) is 12.3 Å². The SMILES string of the molecule is Cc1cc(F)cc2cc(CN)oc12. The van der Waals surface area contributed by atoms with Crippen molar-refractivity contribution in [1.82, 2.24) is 0 Å². The average molecular weight is 179 g/mol. The van der Waals surface area contributed by atoms with Gasteiger partial charge >= 0.3 is 0 Å². The highest BCUT2D eigenvalue weighted by molar-refractivity contribution is 5.81. The maximum atomic E-state index is 12.9. The van der Waals surface area contributed by atoms with Crippen LogP contribution in [0.5, 0.6) is 0 Å². The van der Waals surface area contributed by atoms with Gasteiger partial charge in [0.15, 0.2) is 0 Å². The van der Waals surface area contributed by atoms with E-state index >= 15 is 0 Å². The van der Waals surface area contributed by atoms with Gasteiger partial charge in [-0.05, 0) is 30.7 Å². The Morgan fingerprint density at radius 3 is 2.85 bits per heavy atom. The zero-order valence-electron chi connectivity index (χ0n) is 7.30. The molecular formula is C10H10FNO. The van der Waals surface area contributed by atoms with Crippen molar-refractivity contribution >= 4 is 11.0 Å². The number of hydrogen-bond donors (Lipinski definition) is 1. The molecule has 13 heavy (non-hydrogen) atoms. The molecule has 2 aromatic rings. The van der Waals surface area contributed by atoms with E-state index in [1.807, 2.05) is 6.92 Å². The Kier molecular flexibility index (Phi) is 1.81. The lowest BCUT2D eigenvalue weighted by Crippen LogP contribution is -1.92. The molecule has 2 N–H and O–H groups in total. The Balaban J connectivity index is 2.75. The number of hydrogen-bond acceptors (Lipinski definition) is 2. The molecule has 0 amide bonds. The number of nitrogens with two attached hydrogens (primary N) is 1. The maximum absolute atomic E-state index is 12.9. The molecule has 2 nitrogen and oxygen atoms in total. The smallest absolute Gasteiger partial charge is 0.137 e. The van der Waals surface area contributed by atoms with E-state index in [-0.39, 0.29) is 5.82 Å². The first-order valence-corrected chi connectivity index (χ1v) is 4.09. The summed E-state index contributed by atoms with van der Waals surface area (Å²) in [7, 11) is 0. The third-order valence-corrected chi connectivity index (χ3v) is 2.02. The molecule has 0 unspecified atom stereocenters. The van der Waals surface area contributed by atoms with Crippen molar-refractivity contribution in [2.45, 2.75) is 13.5 Å². The van der Waals surface area contributed by atoms with Crippen LogP contribution in [0.1, 0.15) is 11.3 Å². The van der Waals surface area contributed by atoms with E-state index in [4.69, 9.17) is 10.2 Å². The summed E-state index contributed by atoms with van der Waals surface area (Å²) in [5.74, 6) is 0.443. The van der Waals surface area contributed by atoms with Gasteiger partial charge in [-0.2, -0.15) is 0 Å². The molecule has 3 heteroatoms. The Morgan fingerprint density at radius 2 is 2.15 bits per heavy atom. The van der Waals surface area contributed by atoms with Crippen LogP contribution < -0.4 is 5.73 Å². The summed E-state index contributed by atoms with van der Waals surface area (Å²) in [5.41, 5.74) is 6.94. The lowest BCUT2D eigenvalue weighted by molar-refractivity contribution is 0.549. The van der Waals surface area contributed by atoms with Crippen LogP contribution in [0.2, 0.25) is 0 Å². The molecule has 0 aliphatic carbocycles. The molecule has 0 aliphatic heterocycles. The molecule has 68 valence electrons. The zero-order valence-corrected chi connectivity index (χ0v) is 7.30. The van der Waals surface area contributed by atoms with Crippen molar-refractivity contribution in [1.29, 1.82) is 0 Å². The third kappa shape index (κ3) is 1.31. The fourth-order valence-electron chi connectivity index (χ4n) is 1.44. The highest BCUT2D eigenvalue weighted by Gasteiger charge is 2.06. The van der Waals surface area contributed by atoms with Crippen LogP contribution in [0, 0.1) is 12.7 Å². The van der Waals surface area contributed by atoms with Crippen molar-refractivity contribution < 1.29 is 8.81 Å². The first kappa shape index (κ1) is 8.26. The molecule has 1 aromatic heterocycles. The van der Waals surface area contributed by atoms with E-state index in [1.165, 1.54) is 12.1 Å².